The first-order valence-corrected chi connectivity index (χ1v) is 11.9. The van der Waals surface area contributed by atoms with Crippen LogP contribution in [-0.2, 0) is 13.6 Å². The van der Waals surface area contributed by atoms with Crippen LogP contribution in [0.5, 0.6) is 11.8 Å². The molecule has 1 N–H and O–H groups in total. The molecule has 9 nitrogen and oxygen atoms in total. The Morgan fingerprint density at radius 2 is 1.91 bits per heavy atom. The van der Waals surface area contributed by atoms with Crippen LogP contribution < -0.4 is 14.8 Å². The highest BCUT2D eigenvalue weighted by Crippen LogP contribution is 2.36. The molecule has 5 heterocycles. The number of anilines is 2. The van der Waals surface area contributed by atoms with Gasteiger partial charge in [0.2, 0.25) is 11.8 Å². The summed E-state index contributed by atoms with van der Waals surface area (Å²) in [6.45, 7) is 4.91. The highest BCUT2D eigenvalue weighted by Gasteiger charge is 2.32. The van der Waals surface area contributed by atoms with Crippen molar-refractivity contribution in [2.75, 3.05) is 19.5 Å². The molecule has 34 heavy (non-hydrogen) atoms. The molecule has 0 aromatic carbocycles. The molecule has 0 fully saturated rings. The maximum Gasteiger partial charge on any atom is 0.223 e. The number of fused-ring (bicyclic) bond motifs is 1. The topological polar surface area (TPSA) is 90.2 Å². The first-order valence-electron chi connectivity index (χ1n) is 11.0. The van der Waals surface area contributed by atoms with Gasteiger partial charge in [0.25, 0.3) is 0 Å². The summed E-state index contributed by atoms with van der Waals surface area (Å²) >= 11 is 1.62. The predicted octanol–water partition coefficient (Wildman–Crippen LogP) is 4.35. The first-order chi connectivity index (χ1) is 16.4. The molecule has 0 saturated heterocycles. The van der Waals surface area contributed by atoms with E-state index in [1.54, 1.807) is 29.3 Å². The lowest BCUT2D eigenvalue weighted by molar-refractivity contribution is 0.102. The number of aryl methyl sites for hydroxylation is 2. The molecule has 1 aliphatic heterocycles. The molecule has 4 aromatic rings. The van der Waals surface area contributed by atoms with Crippen molar-refractivity contribution in [2.45, 2.75) is 32.5 Å². The van der Waals surface area contributed by atoms with Gasteiger partial charge in [-0.3, -0.25) is 9.58 Å². The zero-order chi connectivity index (χ0) is 23.8. The van der Waals surface area contributed by atoms with Gasteiger partial charge < -0.3 is 14.8 Å². The first kappa shape index (κ1) is 22.3. The number of hydrogen-bond acceptors (Lipinski definition) is 9. The standard InChI is InChI=1S/C24H27N7O2S/c1-14-13-34-24(26-14)21-15(2)30(3)11-16-6-8-19(28-22(16)33-21)27-20-9-7-18(23(29-20)32-5)17-10-25-31(4)12-17/h6-10,12-13,15,21H,11H2,1-5H3,(H,27,28,29). The van der Waals surface area contributed by atoms with Crippen molar-refractivity contribution in [3.8, 4) is 22.9 Å². The quantitative estimate of drug-likeness (QED) is 0.454. The number of aromatic nitrogens is 5. The van der Waals surface area contributed by atoms with Crippen molar-refractivity contribution in [2.24, 2.45) is 7.05 Å². The van der Waals surface area contributed by atoms with E-state index in [4.69, 9.17) is 14.5 Å². The zero-order valence-corrected chi connectivity index (χ0v) is 20.6. The van der Waals surface area contributed by atoms with Crippen LogP contribution in [0.15, 0.2) is 42.0 Å². The van der Waals surface area contributed by atoms with Gasteiger partial charge in [-0.05, 0) is 45.2 Å². The number of thiazole rings is 1. The van der Waals surface area contributed by atoms with Gasteiger partial charge >= 0.3 is 0 Å². The van der Waals surface area contributed by atoms with Crippen LogP contribution in [0.25, 0.3) is 11.1 Å². The Balaban J connectivity index is 1.42. The molecule has 1 aliphatic rings. The van der Waals surface area contributed by atoms with Gasteiger partial charge in [-0.15, -0.1) is 11.3 Å². The van der Waals surface area contributed by atoms with E-state index in [9.17, 15) is 0 Å². The second kappa shape index (κ2) is 9.03. The Bertz CT molecular complexity index is 1320. The summed E-state index contributed by atoms with van der Waals surface area (Å²) in [4.78, 5) is 16.3. The van der Waals surface area contributed by atoms with Crippen LogP contribution in [0.4, 0.5) is 11.6 Å². The van der Waals surface area contributed by atoms with E-state index in [0.717, 1.165) is 33.9 Å². The van der Waals surface area contributed by atoms with Crippen LogP contribution in [0, 0.1) is 6.92 Å². The highest BCUT2D eigenvalue weighted by atomic mass is 32.1. The third kappa shape index (κ3) is 4.34. The van der Waals surface area contributed by atoms with Gasteiger partial charge in [0.1, 0.15) is 16.6 Å². The molecule has 5 rings (SSSR count). The molecule has 2 atom stereocenters. The number of methoxy groups -OCH3 is 1. The van der Waals surface area contributed by atoms with Gasteiger partial charge in [-0.2, -0.15) is 15.1 Å². The summed E-state index contributed by atoms with van der Waals surface area (Å²) in [7, 11) is 5.59. The van der Waals surface area contributed by atoms with Gasteiger partial charge in [-0.25, -0.2) is 4.98 Å². The minimum absolute atomic E-state index is 0.155. The fourth-order valence-electron chi connectivity index (χ4n) is 3.96. The number of likely N-dealkylation sites (N-methyl/N-ethyl adjacent to an activating group) is 1. The molecular formula is C24H27N7O2S. The Hall–Kier alpha value is -3.50. The molecule has 0 saturated carbocycles. The molecule has 10 heteroatoms. The molecule has 2 unspecified atom stereocenters. The lowest BCUT2D eigenvalue weighted by atomic mass is 10.1. The molecular weight excluding hydrogens is 450 g/mol. The van der Waals surface area contributed by atoms with Gasteiger partial charge in [0.15, 0.2) is 6.10 Å². The van der Waals surface area contributed by atoms with Crippen molar-refractivity contribution >= 4 is 23.0 Å². The zero-order valence-electron chi connectivity index (χ0n) is 19.8. The fraction of sp³-hybridized carbons (Fsp3) is 0.333. The number of ether oxygens (including phenoxy) is 2. The average Bonchev–Trinajstić information content (AvgIpc) is 3.43. The van der Waals surface area contributed by atoms with E-state index in [1.807, 2.05) is 44.4 Å². The molecule has 0 amide bonds. The maximum absolute atomic E-state index is 6.44. The summed E-state index contributed by atoms with van der Waals surface area (Å²) in [5, 5.41) is 10.5. The summed E-state index contributed by atoms with van der Waals surface area (Å²) in [5.74, 6) is 2.40. The minimum atomic E-state index is -0.190. The van der Waals surface area contributed by atoms with Crippen molar-refractivity contribution in [1.82, 2.24) is 29.6 Å². The summed E-state index contributed by atoms with van der Waals surface area (Å²) < 4.78 is 13.7. The summed E-state index contributed by atoms with van der Waals surface area (Å²) in [5.41, 5.74) is 3.85. The van der Waals surface area contributed by atoms with Crippen LogP contribution >= 0.6 is 11.3 Å². The van der Waals surface area contributed by atoms with E-state index < -0.39 is 0 Å². The normalized spacial score (nSPS) is 18.1. The number of rotatable bonds is 5. The fourth-order valence-corrected chi connectivity index (χ4v) is 4.88. The molecule has 0 spiro atoms. The maximum atomic E-state index is 6.44. The number of pyridine rings is 2. The Morgan fingerprint density at radius 3 is 2.62 bits per heavy atom. The van der Waals surface area contributed by atoms with Crippen molar-refractivity contribution in [3.05, 3.63) is 58.3 Å². The molecule has 176 valence electrons. The lowest BCUT2D eigenvalue weighted by Crippen LogP contribution is -2.34. The summed E-state index contributed by atoms with van der Waals surface area (Å²) in [6.07, 6.45) is 3.52. The SMILES string of the molecule is COc1nc(Nc2ccc3c(n2)OC(c2nc(C)cs2)C(C)N(C)C3)ccc1-c1cnn(C)c1. The van der Waals surface area contributed by atoms with Crippen molar-refractivity contribution in [3.63, 3.8) is 0 Å². The monoisotopic (exact) mass is 477 g/mol. The van der Waals surface area contributed by atoms with Gasteiger partial charge in [0, 0.05) is 47.6 Å². The van der Waals surface area contributed by atoms with E-state index >= 15 is 0 Å². The summed E-state index contributed by atoms with van der Waals surface area (Å²) in [6, 6.07) is 8.00. The largest absolute Gasteiger partial charge is 0.480 e. The Kier molecular flexibility index (Phi) is 5.93. The van der Waals surface area contributed by atoms with Crippen LogP contribution in [-0.4, -0.2) is 49.8 Å². The van der Waals surface area contributed by atoms with Crippen LogP contribution in [0.2, 0.25) is 0 Å². The second-order valence-corrected chi connectivity index (χ2v) is 9.35. The smallest absolute Gasteiger partial charge is 0.223 e. The Morgan fingerprint density at radius 1 is 1.12 bits per heavy atom. The minimum Gasteiger partial charge on any atom is -0.480 e. The number of hydrogen-bond donors (Lipinski definition) is 1. The Labute approximate surface area is 202 Å². The van der Waals surface area contributed by atoms with Gasteiger partial charge in [0.05, 0.1) is 19.3 Å². The van der Waals surface area contributed by atoms with Crippen LogP contribution in [0.1, 0.15) is 29.3 Å². The third-order valence-electron chi connectivity index (χ3n) is 5.94. The van der Waals surface area contributed by atoms with E-state index in [-0.39, 0.29) is 12.1 Å². The van der Waals surface area contributed by atoms with E-state index in [1.165, 1.54) is 0 Å². The number of nitrogens with zero attached hydrogens (tertiary/aromatic N) is 6. The van der Waals surface area contributed by atoms with E-state index in [2.05, 4.69) is 44.6 Å². The molecule has 4 aromatic heterocycles. The van der Waals surface area contributed by atoms with Gasteiger partial charge in [-0.1, -0.05) is 0 Å². The lowest BCUT2D eigenvalue weighted by Gasteiger charge is -2.26. The van der Waals surface area contributed by atoms with E-state index in [0.29, 0.717) is 23.4 Å². The second-order valence-electron chi connectivity index (χ2n) is 8.46. The highest BCUT2D eigenvalue weighted by molar-refractivity contribution is 7.09. The average molecular weight is 478 g/mol. The molecule has 0 aliphatic carbocycles. The van der Waals surface area contributed by atoms with Crippen LogP contribution in [0.3, 0.4) is 0 Å². The molecule has 0 bridgehead atoms. The molecule has 0 radical (unpaired) electrons. The van der Waals surface area contributed by atoms with Crippen molar-refractivity contribution in [1.29, 1.82) is 0 Å². The predicted molar refractivity (Wildman–Crippen MR) is 132 cm³/mol. The third-order valence-corrected chi connectivity index (χ3v) is 6.96. The number of nitrogens with one attached hydrogen (secondary N) is 1. The van der Waals surface area contributed by atoms with Crippen molar-refractivity contribution < 1.29 is 9.47 Å².